The topological polar surface area (TPSA) is 20.2 Å². The van der Waals surface area contributed by atoms with Gasteiger partial charge in [0.15, 0.2) is 0 Å². The molecule has 0 atom stereocenters. The van der Waals surface area contributed by atoms with Crippen molar-refractivity contribution in [3.63, 3.8) is 0 Å². The van der Waals surface area contributed by atoms with Crippen LogP contribution in [0.1, 0.15) is 39.5 Å². The second-order valence-corrected chi connectivity index (χ2v) is 2.83. The Labute approximate surface area is 69.8 Å². The molecular formula is C10H17O. The maximum atomic E-state index is 9.80. The van der Waals surface area contributed by atoms with E-state index in [1.807, 2.05) is 13.8 Å². The van der Waals surface area contributed by atoms with Crippen molar-refractivity contribution >= 4 is 0 Å². The quantitative estimate of drug-likeness (QED) is 0.614. The Kier molecular flexibility index (Phi) is 4.98. The van der Waals surface area contributed by atoms with E-state index in [1.165, 1.54) is 0 Å². The summed E-state index contributed by atoms with van der Waals surface area (Å²) in [7, 11) is 0. The molecule has 1 radical (unpaired) electrons. The highest BCUT2D eigenvalue weighted by Crippen LogP contribution is 2.17. The van der Waals surface area contributed by atoms with Crippen LogP contribution in [0.15, 0.2) is 0 Å². The standard InChI is InChI=1S/C10H17O/c1-4-7-10(11,8-5-2)9-6-3/h11H,1,5-6,8-9H2,2-3H3. The molecule has 0 aliphatic carbocycles. The number of rotatable bonds is 4. The molecule has 1 heteroatoms. The third-order valence-corrected chi connectivity index (χ3v) is 1.65. The number of hydrogen-bond donors (Lipinski definition) is 1. The highest BCUT2D eigenvalue weighted by atomic mass is 16.3. The minimum absolute atomic E-state index is 0.753. The van der Waals surface area contributed by atoms with Crippen LogP contribution in [0.3, 0.4) is 0 Å². The van der Waals surface area contributed by atoms with Crippen LogP contribution in [0, 0.1) is 18.8 Å². The fourth-order valence-electron chi connectivity index (χ4n) is 1.24. The molecule has 0 aliphatic heterocycles. The van der Waals surface area contributed by atoms with Gasteiger partial charge in [-0.15, -0.1) is 0 Å². The van der Waals surface area contributed by atoms with E-state index in [1.54, 1.807) is 0 Å². The Bertz CT molecular complexity index is 144. The molecule has 0 unspecified atom stereocenters. The predicted molar refractivity (Wildman–Crippen MR) is 47.9 cm³/mol. The fraction of sp³-hybridized carbons (Fsp3) is 0.700. The molecule has 0 bridgehead atoms. The first-order chi connectivity index (χ1) is 5.18. The molecule has 0 rings (SSSR count). The summed E-state index contributed by atoms with van der Waals surface area (Å²) in [5, 5.41) is 9.80. The monoisotopic (exact) mass is 153 g/mol. The highest BCUT2D eigenvalue weighted by molar-refractivity contribution is 5.14. The highest BCUT2D eigenvalue weighted by Gasteiger charge is 2.20. The van der Waals surface area contributed by atoms with Gasteiger partial charge in [0.05, 0.1) is 0 Å². The van der Waals surface area contributed by atoms with Crippen LogP contribution in [-0.4, -0.2) is 10.7 Å². The minimum Gasteiger partial charge on any atom is -0.378 e. The molecule has 0 amide bonds. The number of hydrogen-bond acceptors (Lipinski definition) is 1. The molecule has 0 heterocycles. The molecule has 1 nitrogen and oxygen atoms in total. The van der Waals surface area contributed by atoms with Gasteiger partial charge in [-0.25, -0.2) is 0 Å². The Hall–Kier alpha value is -0.480. The van der Waals surface area contributed by atoms with Crippen LogP contribution in [0.25, 0.3) is 0 Å². The van der Waals surface area contributed by atoms with Gasteiger partial charge in [-0.1, -0.05) is 38.5 Å². The molecule has 0 aliphatic rings. The van der Waals surface area contributed by atoms with Crippen molar-refractivity contribution in [1.82, 2.24) is 0 Å². The Morgan fingerprint density at radius 2 is 1.73 bits per heavy atom. The molecule has 11 heavy (non-hydrogen) atoms. The maximum absolute atomic E-state index is 9.80. The van der Waals surface area contributed by atoms with Gasteiger partial charge in [0, 0.05) is 6.92 Å². The summed E-state index contributed by atoms with van der Waals surface area (Å²) >= 11 is 0. The smallest absolute Gasteiger partial charge is 0.125 e. The summed E-state index contributed by atoms with van der Waals surface area (Å²) < 4.78 is 0. The molecule has 0 aromatic heterocycles. The van der Waals surface area contributed by atoms with E-state index in [0.717, 1.165) is 25.7 Å². The van der Waals surface area contributed by atoms with Crippen molar-refractivity contribution in [2.24, 2.45) is 0 Å². The van der Waals surface area contributed by atoms with Crippen LogP contribution < -0.4 is 0 Å². The van der Waals surface area contributed by atoms with Crippen LogP contribution in [0.2, 0.25) is 0 Å². The van der Waals surface area contributed by atoms with Crippen LogP contribution in [-0.2, 0) is 0 Å². The van der Waals surface area contributed by atoms with E-state index in [-0.39, 0.29) is 0 Å². The fourth-order valence-corrected chi connectivity index (χ4v) is 1.24. The van der Waals surface area contributed by atoms with Crippen molar-refractivity contribution < 1.29 is 5.11 Å². The maximum Gasteiger partial charge on any atom is 0.125 e. The number of aliphatic hydroxyl groups is 1. The molecule has 0 spiro atoms. The molecule has 1 N–H and O–H groups in total. The van der Waals surface area contributed by atoms with Crippen LogP contribution >= 0.6 is 0 Å². The van der Waals surface area contributed by atoms with E-state index in [9.17, 15) is 5.11 Å². The molecule has 0 fully saturated rings. The lowest BCUT2D eigenvalue weighted by molar-refractivity contribution is 0.0807. The molecule has 0 saturated carbocycles. The van der Waals surface area contributed by atoms with Gasteiger partial charge in [-0.05, 0) is 12.8 Å². The van der Waals surface area contributed by atoms with E-state index >= 15 is 0 Å². The summed E-state index contributed by atoms with van der Waals surface area (Å²) in [5.74, 6) is 5.28. The van der Waals surface area contributed by atoms with Crippen molar-refractivity contribution in [2.45, 2.75) is 45.1 Å². The van der Waals surface area contributed by atoms with Crippen molar-refractivity contribution in [1.29, 1.82) is 0 Å². The largest absolute Gasteiger partial charge is 0.378 e. The lowest BCUT2D eigenvalue weighted by Crippen LogP contribution is -2.25. The first-order valence-corrected chi connectivity index (χ1v) is 4.20. The first-order valence-electron chi connectivity index (χ1n) is 4.20. The summed E-state index contributed by atoms with van der Waals surface area (Å²) in [6.07, 6.45) is 3.43. The molecular weight excluding hydrogens is 136 g/mol. The molecule has 0 aromatic carbocycles. The average Bonchev–Trinajstić information content (AvgIpc) is 1.88. The summed E-state index contributed by atoms with van der Waals surface area (Å²) in [6.45, 7) is 7.51. The molecule has 63 valence electrons. The Morgan fingerprint density at radius 3 is 2.00 bits per heavy atom. The van der Waals surface area contributed by atoms with Gasteiger partial charge in [0.25, 0.3) is 0 Å². The lowest BCUT2D eigenvalue weighted by atomic mass is 9.93. The summed E-state index contributed by atoms with van der Waals surface area (Å²) in [5.41, 5.74) is -0.773. The summed E-state index contributed by atoms with van der Waals surface area (Å²) in [4.78, 5) is 0. The van der Waals surface area contributed by atoms with E-state index in [0.29, 0.717) is 0 Å². The Morgan fingerprint density at radius 1 is 1.27 bits per heavy atom. The second-order valence-electron chi connectivity index (χ2n) is 2.83. The molecule has 0 aromatic rings. The van der Waals surface area contributed by atoms with Crippen molar-refractivity contribution in [2.75, 3.05) is 0 Å². The van der Waals surface area contributed by atoms with E-state index in [4.69, 9.17) is 0 Å². The predicted octanol–water partition coefficient (Wildman–Crippen LogP) is 2.16. The van der Waals surface area contributed by atoms with Gasteiger partial charge in [-0.3, -0.25) is 0 Å². The van der Waals surface area contributed by atoms with Crippen molar-refractivity contribution in [3.8, 4) is 11.8 Å². The SMILES string of the molecule is [CH2]C#CC(O)(CCC)CCC. The third-order valence-electron chi connectivity index (χ3n) is 1.65. The van der Waals surface area contributed by atoms with Gasteiger partial charge < -0.3 is 5.11 Å². The van der Waals surface area contributed by atoms with Gasteiger partial charge >= 0.3 is 0 Å². The zero-order chi connectivity index (χ0) is 8.74. The summed E-state index contributed by atoms with van der Waals surface area (Å²) in [6, 6.07) is 0. The third kappa shape index (κ3) is 4.06. The minimum atomic E-state index is -0.773. The zero-order valence-electron chi connectivity index (χ0n) is 7.48. The van der Waals surface area contributed by atoms with Gasteiger partial charge in [0.1, 0.15) is 5.60 Å². The van der Waals surface area contributed by atoms with Crippen LogP contribution in [0.4, 0.5) is 0 Å². The van der Waals surface area contributed by atoms with Crippen molar-refractivity contribution in [3.05, 3.63) is 6.92 Å². The van der Waals surface area contributed by atoms with E-state index < -0.39 is 5.60 Å². The Balaban J connectivity index is 4.08. The average molecular weight is 153 g/mol. The normalized spacial score (nSPS) is 10.5. The second kappa shape index (κ2) is 5.21. The first kappa shape index (κ1) is 10.5. The zero-order valence-corrected chi connectivity index (χ0v) is 7.48. The van der Waals surface area contributed by atoms with Crippen LogP contribution in [0.5, 0.6) is 0 Å². The van der Waals surface area contributed by atoms with Gasteiger partial charge in [-0.2, -0.15) is 0 Å². The molecule has 0 saturated heterocycles. The van der Waals surface area contributed by atoms with E-state index in [2.05, 4.69) is 18.8 Å². The van der Waals surface area contributed by atoms with Gasteiger partial charge in [0.2, 0.25) is 0 Å². The lowest BCUT2D eigenvalue weighted by Gasteiger charge is -2.20.